The lowest BCUT2D eigenvalue weighted by molar-refractivity contribution is -0.126. The van der Waals surface area contributed by atoms with E-state index >= 15 is 0 Å². The predicted molar refractivity (Wildman–Crippen MR) is 73.4 cm³/mol. The zero-order valence-electron chi connectivity index (χ0n) is 11.1. The lowest BCUT2D eigenvalue weighted by Gasteiger charge is -2.28. The highest BCUT2D eigenvalue weighted by atomic mass is 16.2. The van der Waals surface area contributed by atoms with E-state index in [1.807, 2.05) is 6.07 Å². The molecule has 1 aliphatic heterocycles. The van der Waals surface area contributed by atoms with Gasteiger partial charge in [0.25, 0.3) is 0 Å². The van der Waals surface area contributed by atoms with Gasteiger partial charge in [-0.1, -0.05) is 44.2 Å². The lowest BCUT2D eigenvalue weighted by Crippen LogP contribution is -2.51. The van der Waals surface area contributed by atoms with Crippen LogP contribution in [-0.4, -0.2) is 25.5 Å². The molecule has 0 spiro atoms. The minimum Gasteiger partial charge on any atom is -0.355 e. The van der Waals surface area contributed by atoms with Gasteiger partial charge in [0, 0.05) is 25.6 Å². The third-order valence-corrected chi connectivity index (χ3v) is 3.68. The highest BCUT2D eigenvalue weighted by Gasteiger charge is 2.25. The standard InChI is InChI=1S/C15H22N2O/c1-11(2)14(12-6-4-3-5-7-12)10-17-15(18)13-8-16-9-13/h3-7,11,13-14,16H,8-10H2,1-2H3,(H,17,18). The van der Waals surface area contributed by atoms with Gasteiger partial charge in [0.05, 0.1) is 5.92 Å². The zero-order valence-corrected chi connectivity index (χ0v) is 11.1. The fourth-order valence-electron chi connectivity index (χ4n) is 2.27. The molecule has 1 heterocycles. The molecule has 98 valence electrons. The van der Waals surface area contributed by atoms with Crippen LogP contribution in [0.2, 0.25) is 0 Å². The van der Waals surface area contributed by atoms with Crippen molar-refractivity contribution in [3.05, 3.63) is 35.9 Å². The largest absolute Gasteiger partial charge is 0.355 e. The molecular formula is C15H22N2O. The molecule has 1 amide bonds. The summed E-state index contributed by atoms with van der Waals surface area (Å²) in [4.78, 5) is 11.8. The van der Waals surface area contributed by atoms with Crippen molar-refractivity contribution in [3.63, 3.8) is 0 Å². The number of benzene rings is 1. The van der Waals surface area contributed by atoms with Gasteiger partial charge in [-0.3, -0.25) is 4.79 Å². The first kappa shape index (κ1) is 13.1. The SMILES string of the molecule is CC(C)C(CNC(=O)C1CNC1)c1ccccc1. The Hall–Kier alpha value is -1.35. The van der Waals surface area contributed by atoms with Crippen LogP contribution >= 0.6 is 0 Å². The molecule has 2 rings (SSSR count). The minimum atomic E-state index is 0.175. The topological polar surface area (TPSA) is 41.1 Å². The van der Waals surface area contributed by atoms with E-state index in [0.717, 1.165) is 19.6 Å². The van der Waals surface area contributed by atoms with Crippen molar-refractivity contribution in [2.24, 2.45) is 11.8 Å². The maximum absolute atomic E-state index is 11.8. The number of amides is 1. The van der Waals surface area contributed by atoms with E-state index in [1.165, 1.54) is 5.56 Å². The normalized spacial score (nSPS) is 17.3. The van der Waals surface area contributed by atoms with Gasteiger partial charge in [-0.05, 0) is 11.5 Å². The van der Waals surface area contributed by atoms with E-state index in [2.05, 4.69) is 48.7 Å². The molecule has 1 atom stereocenters. The van der Waals surface area contributed by atoms with Gasteiger partial charge in [0.2, 0.25) is 5.91 Å². The first-order valence-corrected chi connectivity index (χ1v) is 6.72. The summed E-state index contributed by atoms with van der Waals surface area (Å²) >= 11 is 0. The molecule has 1 aromatic rings. The van der Waals surface area contributed by atoms with Crippen LogP contribution in [-0.2, 0) is 4.79 Å². The Bertz CT molecular complexity index is 385. The number of rotatable bonds is 5. The molecule has 1 unspecified atom stereocenters. The fraction of sp³-hybridized carbons (Fsp3) is 0.533. The van der Waals surface area contributed by atoms with E-state index in [-0.39, 0.29) is 11.8 Å². The molecule has 1 fully saturated rings. The Morgan fingerprint density at radius 2 is 2.00 bits per heavy atom. The Labute approximate surface area is 109 Å². The highest BCUT2D eigenvalue weighted by Crippen LogP contribution is 2.23. The van der Waals surface area contributed by atoms with Crippen molar-refractivity contribution in [3.8, 4) is 0 Å². The fourth-order valence-corrected chi connectivity index (χ4v) is 2.27. The first-order valence-electron chi connectivity index (χ1n) is 6.72. The van der Waals surface area contributed by atoms with Crippen molar-refractivity contribution in [2.45, 2.75) is 19.8 Å². The number of nitrogens with one attached hydrogen (secondary N) is 2. The summed E-state index contributed by atoms with van der Waals surface area (Å²) in [7, 11) is 0. The molecule has 1 aromatic carbocycles. The van der Waals surface area contributed by atoms with Crippen LogP contribution in [0.3, 0.4) is 0 Å². The third kappa shape index (κ3) is 3.10. The molecule has 0 aromatic heterocycles. The number of hydrogen-bond donors (Lipinski definition) is 2. The van der Waals surface area contributed by atoms with E-state index in [0.29, 0.717) is 11.8 Å². The van der Waals surface area contributed by atoms with Crippen LogP contribution in [0, 0.1) is 11.8 Å². The third-order valence-electron chi connectivity index (χ3n) is 3.68. The summed E-state index contributed by atoms with van der Waals surface area (Å²) in [5, 5.41) is 6.21. The highest BCUT2D eigenvalue weighted by molar-refractivity contribution is 5.80. The van der Waals surface area contributed by atoms with Gasteiger partial charge >= 0.3 is 0 Å². The number of carbonyl (C=O) groups excluding carboxylic acids is 1. The van der Waals surface area contributed by atoms with Crippen molar-refractivity contribution < 1.29 is 4.79 Å². The molecule has 3 heteroatoms. The Morgan fingerprint density at radius 3 is 2.50 bits per heavy atom. The van der Waals surface area contributed by atoms with Crippen LogP contribution in [0.15, 0.2) is 30.3 Å². The second-order valence-corrected chi connectivity index (χ2v) is 5.36. The van der Waals surface area contributed by atoms with E-state index in [9.17, 15) is 4.79 Å². The predicted octanol–water partition coefficient (Wildman–Crippen LogP) is 1.76. The van der Waals surface area contributed by atoms with Crippen molar-refractivity contribution in [1.29, 1.82) is 0 Å². The molecule has 0 saturated carbocycles. The van der Waals surface area contributed by atoms with Crippen LogP contribution in [0.4, 0.5) is 0 Å². The van der Waals surface area contributed by atoms with Gasteiger partial charge in [-0.2, -0.15) is 0 Å². The monoisotopic (exact) mass is 246 g/mol. The van der Waals surface area contributed by atoms with Gasteiger partial charge in [-0.25, -0.2) is 0 Å². The Balaban J connectivity index is 1.92. The number of hydrogen-bond acceptors (Lipinski definition) is 2. The summed E-state index contributed by atoms with van der Waals surface area (Å²) in [6, 6.07) is 10.4. The number of carbonyl (C=O) groups is 1. The van der Waals surface area contributed by atoms with Crippen molar-refractivity contribution in [1.82, 2.24) is 10.6 Å². The summed E-state index contributed by atoms with van der Waals surface area (Å²) in [6.07, 6.45) is 0. The van der Waals surface area contributed by atoms with Gasteiger partial charge < -0.3 is 10.6 Å². The van der Waals surface area contributed by atoms with E-state index in [4.69, 9.17) is 0 Å². The molecule has 0 aliphatic carbocycles. The molecule has 0 bridgehead atoms. The smallest absolute Gasteiger partial charge is 0.225 e. The maximum Gasteiger partial charge on any atom is 0.225 e. The van der Waals surface area contributed by atoms with Crippen LogP contribution in [0.25, 0.3) is 0 Å². The van der Waals surface area contributed by atoms with Crippen molar-refractivity contribution in [2.75, 3.05) is 19.6 Å². The minimum absolute atomic E-state index is 0.175. The zero-order chi connectivity index (χ0) is 13.0. The summed E-state index contributed by atoms with van der Waals surface area (Å²) in [5.74, 6) is 1.28. The summed E-state index contributed by atoms with van der Waals surface area (Å²) in [5.41, 5.74) is 1.31. The molecule has 1 saturated heterocycles. The van der Waals surface area contributed by atoms with Gasteiger partial charge in [-0.15, -0.1) is 0 Å². The average Bonchev–Trinajstić information content (AvgIpc) is 2.28. The molecule has 1 aliphatic rings. The van der Waals surface area contributed by atoms with Crippen molar-refractivity contribution >= 4 is 5.91 Å². The molecule has 2 N–H and O–H groups in total. The van der Waals surface area contributed by atoms with E-state index < -0.39 is 0 Å². The molecule has 3 nitrogen and oxygen atoms in total. The van der Waals surface area contributed by atoms with Crippen LogP contribution < -0.4 is 10.6 Å². The maximum atomic E-state index is 11.8. The molecule has 0 radical (unpaired) electrons. The van der Waals surface area contributed by atoms with Gasteiger partial charge in [0.15, 0.2) is 0 Å². The van der Waals surface area contributed by atoms with Gasteiger partial charge in [0.1, 0.15) is 0 Å². The summed E-state index contributed by atoms with van der Waals surface area (Å²) < 4.78 is 0. The van der Waals surface area contributed by atoms with Crippen LogP contribution in [0.1, 0.15) is 25.3 Å². The lowest BCUT2D eigenvalue weighted by atomic mass is 9.88. The Kier molecular flexibility index (Phi) is 4.37. The Morgan fingerprint density at radius 1 is 1.33 bits per heavy atom. The quantitative estimate of drug-likeness (QED) is 0.831. The first-order chi connectivity index (χ1) is 8.68. The second-order valence-electron chi connectivity index (χ2n) is 5.36. The average molecular weight is 246 g/mol. The van der Waals surface area contributed by atoms with Crippen LogP contribution in [0.5, 0.6) is 0 Å². The van der Waals surface area contributed by atoms with E-state index in [1.54, 1.807) is 0 Å². The molecular weight excluding hydrogens is 224 g/mol. The second kappa shape index (κ2) is 6.01. The summed E-state index contributed by atoms with van der Waals surface area (Å²) in [6.45, 7) is 6.79. The molecule has 18 heavy (non-hydrogen) atoms.